The molecule has 0 aromatic heterocycles. The third-order valence-corrected chi connectivity index (χ3v) is 6.26. The minimum atomic E-state index is -4.09. The second-order valence-electron chi connectivity index (χ2n) is 6.69. The van der Waals surface area contributed by atoms with E-state index in [0.29, 0.717) is 23.7 Å². The number of amides is 1. The first-order valence-corrected chi connectivity index (χ1v) is 10.3. The number of ether oxygens (including phenoxy) is 2. The molecule has 152 valence electrons. The number of nitro benzene ring substituents is 1. The Morgan fingerprint density at radius 2 is 1.93 bits per heavy atom. The van der Waals surface area contributed by atoms with Crippen LogP contribution in [-0.2, 0) is 14.8 Å². The zero-order valence-corrected chi connectivity index (χ0v) is 15.9. The molecular formula is C18H17N3O7S. The van der Waals surface area contributed by atoms with Crippen molar-refractivity contribution in [2.75, 3.05) is 24.8 Å². The van der Waals surface area contributed by atoms with Crippen LogP contribution in [0.1, 0.15) is 6.42 Å². The lowest BCUT2D eigenvalue weighted by Crippen LogP contribution is -2.31. The lowest BCUT2D eigenvalue weighted by Gasteiger charge is -2.17. The molecular weight excluding hydrogens is 402 g/mol. The average molecular weight is 419 g/mol. The quantitative estimate of drug-likeness (QED) is 0.557. The predicted molar refractivity (Wildman–Crippen MR) is 101 cm³/mol. The second-order valence-corrected chi connectivity index (χ2v) is 8.42. The highest BCUT2D eigenvalue weighted by molar-refractivity contribution is 7.89. The van der Waals surface area contributed by atoms with E-state index in [2.05, 4.69) is 4.72 Å². The Balaban J connectivity index is 1.45. The van der Waals surface area contributed by atoms with Gasteiger partial charge in [0.1, 0.15) is 0 Å². The standard InChI is InChI=1S/C18H17N3O7S/c22-18-7-12(10-20(18)13-5-6-15-16(8-13)28-11-27-15)9-19-29(25,26)17-4-2-1-3-14(17)21(23)24/h1-6,8,12,19H,7,9-11H2. The number of hydrogen-bond donors (Lipinski definition) is 1. The summed E-state index contributed by atoms with van der Waals surface area (Å²) in [5, 5.41) is 11.1. The molecule has 2 aromatic rings. The van der Waals surface area contributed by atoms with Crippen LogP contribution in [0.5, 0.6) is 11.5 Å². The van der Waals surface area contributed by atoms with Gasteiger partial charge in [-0.05, 0) is 24.1 Å². The summed E-state index contributed by atoms with van der Waals surface area (Å²) in [6.07, 6.45) is 0.161. The molecule has 1 unspecified atom stereocenters. The predicted octanol–water partition coefficient (Wildman–Crippen LogP) is 1.65. The van der Waals surface area contributed by atoms with E-state index in [-0.39, 0.29) is 31.6 Å². The summed E-state index contributed by atoms with van der Waals surface area (Å²) >= 11 is 0. The number of nitrogens with zero attached hydrogens (tertiary/aromatic N) is 2. The van der Waals surface area contributed by atoms with E-state index in [9.17, 15) is 23.3 Å². The Hall–Kier alpha value is -3.18. The van der Waals surface area contributed by atoms with Crippen molar-refractivity contribution in [2.45, 2.75) is 11.3 Å². The molecule has 29 heavy (non-hydrogen) atoms. The van der Waals surface area contributed by atoms with Crippen molar-refractivity contribution in [2.24, 2.45) is 5.92 Å². The summed E-state index contributed by atoms with van der Waals surface area (Å²) in [7, 11) is -4.09. The van der Waals surface area contributed by atoms with Crippen LogP contribution in [0.2, 0.25) is 0 Å². The highest BCUT2D eigenvalue weighted by atomic mass is 32.2. The Labute approximate surface area is 166 Å². The summed E-state index contributed by atoms with van der Waals surface area (Å²) in [5.41, 5.74) is 0.146. The maximum absolute atomic E-state index is 12.5. The number of nitro groups is 1. The number of fused-ring (bicyclic) bond motifs is 1. The summed E-state index contributed by atoms with van der Waals surface area (Å²) in [5.74, 6) is 0.745. The van der Waals surface area contributed by atoms with E-state index in [4.69, 9.17) is 9.47 Å². The Kier molecular flexibility index (Phi) is 4.84. The van der Waals surface area contributed by atoms with Crippen LogP contribution in [0.3, 0.4) is 0 Å². The number of sulfonamides is 1. The van der Waals surface area contributed by atoms with Crippen LogP contribution < -0.4 is 19.1 Å². The minimum Gasteiger partial charge on any atom is -0.454 e. The number of para-hydroxylation sites is 1. The Morgan fingerprint density at radius 3 is 2.72 bits per heavy atom. The molecule has 0 bridgehead atoms. The summed E-state index contributed by atoms with van der Waals surface area (Å²) in [6.45, 7) is 0.432. The first-order chi connectivity index (χ1) is 13.8. The molecule has 2 aliphatic rings. The molecule has 2 aromatic carbocycles. The van der Waals surface area contributed by atoms with E-state index in [1.807, 2.05) is 0 Å². The smallest absolute Gasteiger partial charge is 0.289 e. The highest BCUT2D eigenvalue weighted by Gasteiger charge is 2.33. The number of rotatable bonds is 6. The number of benzene rings is 2. The Morgan fingerprint density at radius 1 is 1.17 bits per heavy atom. The number of nitrogens with one attached hydrogen (secondary N) is 1. The highest BCUT2D eigenvalue weighted by Crippen LogP contribution is 2.37. The molecule has 1 atom stereocenters. The van der Waals surface area contributed by atoms with E-state index >= 15 is 0 Å². The van der Waals surface area contributed by atoms with Gasteiger partial charge in [-0.25, -0.2) is 13.1 Å². The molecule has 10 nitrogen and oxygen atoms in total. The van der Waals surface area contributed by atoms with Crippen LogP contribution in [0.15, 0.2) is 47.4 Å². The molecule has 1 N–H and O–H groups in total. The lowest BCUT2D eigenvalue weighted by atomic mass is 10.1. The van der Waals surface area contributed by atoms with Crippen molar-refractivity contribution < 1.29 is 27.6 Å². The number of anilines is 1. The van der Waals surface area contributed by atoms with Gasteiger partial charge in [0.2, 0.25) is 22.7 Å². The molecule has 4 rings (SSSR count). The maximum Gasteiger partial charge on any atom is 0.289 e. The van der Waals surface area contributed by atoms with E-state index in [1.54, 1.807) is 23.1 Å². The van der Waals surface area contributed by atoms with Crippen molar-refractivity contribution in [1.82, 2.24) is 4.72 Å². The van der Waals surface area contributed by atoms with Crippen molar-refractivity contribution >= 4 is 27.3 Å². The van der Waals surface area contributed by atoms with Gasteiger partial charge in [-0.2, -0.15) is 0 Å². The third kappa shape index (κ3) is 3.74. The zero-order valence-electron chi connectivity index (χ0n) is 15.1. The fraction of sp³-hybridized carbons (Fsp3) is 0.278. The van der Waals surface area contributed by atoms with Crippen molar-refractivity contribution in [3.05, 3.63) is 52.6 Å². The van der Waals surface area contributed by atoms with Gasteiger partial charge >= 0.3 is 0 Å². The molecule has 1 saturated heterocycles. The van der Waals surface area contributed by atoms with Gasteiger partial charge in [0.25, 0.3) is 5.69 Å². The third-order valence-electron chi connectivity index (χ3n) is 4.79. The summed E-state index contributed by atoms with van der Waals surface area (Å²) in [6, 6.07) is 10.3. The first-order valence-electron chi connectivity index (χ1n) is 8.78. The Bertz CT molecular complexity index is 1090. The monoisotopic (exact) mass is 419 g/mol. The topological polar surface area (TPSA) is 128 Å². The summed E-state index contributed by atoms with van der Waals surface area (Å²) < 4.78 is 38.0. The van der Waals surface area contributed by atoms with Crippen LogP contribution in [-0.4, -0.2) is 39.1 Å². The molecule has 2 aliphatic heterocycles. The number of carbonyl (C=O) groups excluding carboxylic acids is 1. The molecule has 1 fully saturated rings. The molecule has 2 heterocycles. The molecule has 11 heteroatoms. The normalized spacial score (nSPS) is 18.3. The first kappa shape index (κ1) is 19.2. The van der Waals surface area contributed by atoms with Crippen LogP contribution in [0.25, 0.3) is 0 Å². The SMILES string of the molecule is O=C1CC(CNS(=O)(=O)c2ccccc2[N+](=O)[O-])CN1c1ccc2c(c1)OCO2. The van der Waals surface area contributed by atoms with E-state index in [1.165, 1.54) is 18.2 Å². The summed E-state index contributed by atoms with van der Waals surface area (Å²) in [4.78, 5) is 23.9. The molecule has 1 amide bonds. The van der Waals surface area contributed by atoms with Gasteiger partial charge in [-0.15, -0.1) is 0 Å². The van der Waals surface area contributed by atoms with Crippen LogP contribution >= 0.6 is 0 Å². The van der Waals surface area contributed by atoms with Gasteiger partial charge in [0.15, 0.2) is 16.4 Å². The second kappa shape index (κ2) is 7.33. The molecule has 0 aliphatic carbocycles. The van der Waals surface area contributed by atoms with E-state index in [0.717, 1.165) is 6.07 Å². The van der Waals surface area contributed by atoms with Gasteiger partial charge < -0.3 is 14.4 Å². The van der Waals surface area contributed by atoms with Gasteiger partial charge in [-0.3, -0.25) is 14.9 Å². The van der Waals surface area contributed by atoms with Gasteiger partial charge in [0.05, 0.1) is 4.92 Å². The molecule has 0 spiro atoms. The zero-order chi connectivity index (χ0) is 20.6. The van der Waals surface area contributed by atoms with Crippen LogP contribution in [0.4, 0.5) is 11.4 Å². The largest absolute Gasteiger partial charge is 0.454 e. The average Bonchev–Trinajstić information content (AvgIpc) is 3.32. The fourth-order valence-electron chi connectivity index (χ4n) is 3.36. The van der Waals surface area contributed by atoms with E-state index < -0.39 is 25.5 Å². The number of carbonyl (C=O) groups is 1. The number of hydrogen-bond acceptors (Lipinski definition) is 7. The molecule has 0 saturated carbocycles. The lowest BCUT2D eigenvalue weighted by molar-refractivity contribution is -0.387. The fourth-order valence-corrected chi connectivity index (χ4v) is 4.65. The van der Waals surface area contributed by atoms with Crippen molar-refractivity contribution in [3.63, 3.8) is 0 Å². The van der Waals surface area contributed by atoms with Gasteiger partial charge in [-0.1, -0.05) is 12.1 Å². The van der Waals surface area contributed by atoms with Crippen LogP contribution in [0, 0.1) is 16.0 Å². The minimum absolute atomic E-state index is 0.0127. The molecule has 0 radical (unpaired) electrons. The van der Waals surface area contributed by atoms with Crippen molar-refractivity contribution in [3.8, 4) is 11.5 Å². The van der Waals surface area contributed by atoms with Gasteiger partial charge in [0, 0.05) is 37.3 Å². The maximum atomic E-state index is 12.5. The van der Waals surface area contributed by atoms with Crippen molar-refractivity contribution in [1.29, 1.82) is 0 Å².